The summed E-state index contributed by atoms with van der Waals surface area (Å²) in [6.45, 7) is 20.9. The summed E-state index contributed by atoms with van der Waals surface area (Å²) in [6.07, 6.45) is 13.9. The monoisotopic (exact) mass is 1290 g/mol. The van der Waals surface area contributed by atoms with Crippen LogP contribution in [0.5, 0.6) is 46.0 Å². The van der Waals surface area contributed by atoms with Crippen LogP contribution in [0.4, 0.5) is 0 Å². The standard InChI is InChI=1S/C80H89N8O8/c1-9-17-41-89-65-49-33-25-26-34-50(49)66(90-42-18-10-2)58-57(65)73-81-74(58)86-76-61-62(70(94-46-22-14-6)54-38-30-29-37-53(54)69(61)93-45-21-13-5)78(83-76)88-80-64-63(71(95-47-23-15-7)55-39-31-32-40-56(55)72(64)96-48-24-16-8)79(84-80)87-77-60-59(75(82-77)85-73)67(91-43-19-11-3)51-35-27-28-36-52(51)68(60)92-44-20-12-4/h25-40H,9-24,41-48H2,1-8H3,(H,81,82,83,85,86,87,88). The number of aromatic nitrogens is 1. The predicted molar refractivity (Wildman–Crippen MR) is 388 cm³/mol. The normalized spacial score (nSPS) is 13.6. The molecule has 0 fully saturated rings. The van der Waals surface area contributed by atoms with Gasteiger partial charge in [-0.1, -0.05) is 204 Å². The first-order chi connectivity index (χ1) is 47.4. The summed E-state index contributed by atoms with van der Waals surface area (Å²) in [5.74, 6) is 6.90. The lowest BCUT2D eigenvalue weighted by Gasteiger charge is -2.19. The van der Waals surface area contributed by atoms with Crippen molar-refractivity contribution in [3.63, 3.8) is 0 Å². The first-order valence-electron chi connectivity index (χ1n) is 35.5. The van der Waals surface area contributed by atoms with Gasteiger partial charge in [-0.2, -0.15) is 0 Å². The van der Waals surface area contributed by atoms with Crippen molar-refractivity contribution in [3.8, 4) is 46.0 Å². The van der Waals surface area contributed by atoms with Crippen molar-refractivity contribution < 1.29 is 37.9 Å². The van der Waals surface area contributed by atoms with Gasteiger partial charge in [0.2, 0.25) is 0 Å². The molecule has 0 saturated heterocycles. The Kier molecular flexibility index (Phi) is 20.5. The van der Waals surface area contributed by atoms with Gasteiger partial charge in [-0.15, -0.1) is 0 Å². The molecule has 0 unspecified atom stereocenters. The van der Waals surface area contributed by atoms with Gasteiger partial charge in [0.15, 0.2) is 35.0 Å². The van der Waals surface area contributed by atoms with Gasteiger partial charge in [-0.25, -0.2) is 35.3 Å². The maximum atomic E-state index is 7.15. The minimum absolute atomic E-state index is 0.314. The predicted octanol–water partition coefficient (Wildman–Crippen LogP) is 16.3. The molecule has 0 spiro atoms. The van der Waals surface area contributed by atoms with Gasteiger partial charge in [0, 0.05) is 43.1 Å². The summed E-state index contributed by atoms with van der Waals surface area (Å²) in [5, 5.41) is 15.1. The Labute approximate surface area is 562 Å². The summed E-state index contributed by atoms with van der Waals surface area (Å²) in [6, 6.07) is 33.1. The van der Waals surface area contributed by atoms with E-state index in [9.17, 15) is 0 Å². The molecule has 0 aliphatic carbocycles. The lowest BCUT2D eigenvalue weighted by molar-refractivity contribution is 0.302. The summed E-state index contributed by atoms with van der Waals surface area (Å²) in [4.78, 5) is 38.5. The van der Waals surface area contributed by atoms with E-state index in [-0.39, 0.29) is 0 Å². The Balaban J connectivity index is 1.28. The number of benzene rings is 8. The van der Waals surface area contributed by atoms with E-state index in [2.05, 4.69) is 109 Å². The van der Waals surface area contributed by atoms with E-state index in [0.717, 1.165) is 146 Å². The third kappa shape index (κ3) is 12.4. The largest absolute Gasteiger partial charge is 0.492 e. The van der Waals surface area contributed by atoms with E-state index >= 15 is 0 Å². The molecule has 1 radical (unpaired) electrons. The number of ether oxygens (including phenoxy) is 8. The summed E-state index contributed by atoms with van der Waals surface area (Å²) >= 11 is 0. The second kappa shape index (κ2) is 30.1. The summed E-state index contributed by atoms with van der Waals surface area (Å²) in [5.41, 5.74) is 3.38. The maximum absolute atomic E-state index is 7.15. The number of nitrogens with one attached hydrogen (secondary N) is 1. The van der Waals surface area contributed by atoms with Crippen LogP contribution in [-0.2, 0) is 0 Å². The number of nitrogens with zero attached hydrogens (tertiary/aromatic N) is 7. The minimum Gasteiger partial charge on any atom is -0.492 e. The molecule has 4 aliphatic rings. The molecule has 497 valence electrons. The fourth-order valence-electron chi connectivity index (χ4n) is 12.9. The molecule has 0 saturated carbocycles. The number of amidine groups is 4. The first-order valence-corrected chi connectivity index (χ1v) is 35.5. The minimum atomic E-state index is 0.314. The van der Waals surface area contributed by atoms with E-state index in [4.69, 9.17) is 73.2 Å². The van der Waals surface area contributed by atoms with Gasteiger partial charge in [0.25, 0.3) is 0 Å². The molecule has 0 atom stereocenters. The number of unbranched alkanes of at least 4 members (excludes halogenated alkanes) is 8. The Morgan fingerprint density at radius 2 is 0.479 bits per heavy atom. The number of hydrogen-bond donors (Lipinski definition) is 1. The molecule has 8 aromatic carbocycles. The zero-order valence-electron chi connectivity index (χ0n) is 57.1. The van der Waals surface area contributed by atoms with Crippen molar-refractivity contribution in [2.45, 2.75) is 158 Å². The molecule has 8 bridgehead atoms. The third-order valence-corrected chi connectivity index (χ3v) is 18.0. The van der Waals surface area contributed by atoms with Crippen molar-refractivity contribution in [1.29, 1.82) is 0 Å². The lowest BCUT2D eigenvalue weighted by Crippen LogP contribution is -2.30. The van der Waals surface area contributed by atoms with Crippen LogP contribution in [0.3, 0.4) is 0 Å². The van der Waals surface area contributed by atoms with Crippen LogP contribution in [0.15, 0.2) is 127 Å². The molecule has 5 heterocycles. The smallest absolute Gasteiger partial charge is 0.168 e. The molecule has 16 heteroatoms. The average molecular weight is 1290 g/mol. The molecule has 4 aliphatic heterocycles. The number of rotatable bonds is 32. The second-order valence-corrected chi connectivity index (χ2v) is 25.0. The van der Waals surface area contributed by atoms with Crippen LogP contribution < -0.4 is 64.6 Å². The van der Waals surface area contributed by atoms with E-state index in [1.165, 1.54) is 0 Å². The van der Waals surface area contributed by atoms with Crippen LogP contribution in [0.2, 0.25) is 0 Å². The van der Waals surface area contributed by atoms with Crippen molar-refractivity contribution in [1.82, 2.24) is 10.3 Å². The first kappa shape index (κ1) is 65.2. The number of aliphatic imine (C=N–C) groups is 4. The molecular weight excluding hydrogens is 1200 g/mol. The maximum Gasteiger partial charge on any atom is 0.168 e. The van der Waals surface area contributed by atoms with Gasteiger partial charge < -0.3 is 42.9 Å². The lowest BCUT2D eigenvalue weighted by atomic mass is 9.97. The number of fused-ring (bicyclic) bond motifs is 20. The Hall–Kier alpha value is -9.44. The molecule has 9 aromatic rings. The molecule has 96 heavy (non-hydrogen) atoms. The fourth-order valence-corrected chi connectivity index (χ4v) is 12.9. The number of hydrogen-bond acceptors (Lipinski definition) is 14. The van der Waals surface area contributed by atoms with Crippen LogP contribution in [0.1, 0.15) is 180 Å². The molecule has 0 amide bonds. The molecule has 16 nitrogen and oxygen atoms in total. The van der Waals surface area contributed by atoms with E-state index in [0.29, 0.717) is 188 Å². The van der Waals surface area contributed by atoms with Crippen LogP contribution in [0, 0.1) is 0 Å². The van der Waals surface area contributed by atoms with E-state index in [1.54, 1.807) is 0 Å². The van der Waals surface area contributed by atoms with Crippen LogP contribution in [-0.4, -0.2) is 81.2 Å². The Morgan fingerprint density at radius 1 is 0.260 bits per heavy atom. The highest BCUT2D eigenvalue weighted by atomic mass is 16.5. The molecule has 1 N–H and O–H groups in total. The quantitative estimate of drug-likeness (QED) is 0.0405. The van der Waals surface area contributed by atoms with Gasteiger partial charge >= 0.3 is 0 Å². The Morgan fingerprint density at radius 3 is 0.740 bits per heavy atom. The summed E-state index contributed by atoms with van der Waals surface area (Å²) in [7, 11) is 0. The zero-order valence-corrected chi connectivity index (χ0v) is 57.1. The van der Waals surface area contributed by atoms with Gasteiger partial charge in [0.1, 0.15) is 57.0 Å². The SMILES string of the molecule is CCCCOc1c2c(c(OCCCC)c3ccccc13)C1=NC3=c4c(OCCCC)c5ccccc5c(OCCCC)c4=C([N]3)N=C3N=C(N=c4[nH]c(c5c(OCCCC)c6ccccc6c(OCCCC)c45)=NC2=N1)c1c3c(OCCCC)c2ccccc2c1OCCCC. The van der Waals surface area contributed by atoms with Gasteiger partial charge in [-0.05, 0) is 51.4 Å². The van der Waals surface area contributed by atoms with Crippen molar-refractivity contribution >= 4 is 88.8 Å². The highest BCUT2D eigenvalue weighted by Crippen LogP contribution is 2.48. The molecular formula is C80H89N8O8. The highest BCUT2D eigenvalue weighted by Gasteiger charge is 2.38. The van der Waals surface area contributed by atoms with E-state index < -0.39 is 0 Å². The third-order valence-electron chi connectivity index (χ3n) is 18.0. The van der Waals surface area contributed by atoms with Crippen molar-refractivity contribution in [3.05, 3.63) is 141 Å². The van der Waals surface area contributed by atoms with Crippen molar-refractivity contribution in [2.75, 3.05) is 52.9 Å². The summed E-state index contributed by atoms with van der Waals surface area (Å²) < 4.78 is 57.1. The topological polar surface area (TPSA) is 178 Å². The number of H-pyrrole nitrogens is 1. The fraction of sp³-hybridized carbons (Fsp3) is 0.400. The zero-order chi connectivity index (χ0) is 66.1. The highest BCUT2D eigenvalue weighted by molar-refractivity contribution is 6.30. The average Bonchev–Trinajstić information content (AvgIpc) is 1.56. The van der Waals surface area contributed by atoms with Crippen LogP contribution in [0.25, 0.3) is 65.5 Å². The Bertz CT molecular complexity index is 4540. The van der Waals surface area contributed by atoms with Gasteiger partial charge in [0.05, 0.1) is 96.3 Å². The number of aromatic amines is 1. The van der Waals surface area contributed by atoms with Crippen molar-refractivity contribution in [2.24, 2.45) is 30.0 Å². The molecule has 1 aromatic heterocycles. The van der Waals surface area contributed by atoms with Gasteiger partial charge in [-0.3, -0.25) is 0 Å². The van der Waals surface area contributed by atoms with Crippen LogP contribution >= 0.6 is 0 Å². The molecule has 13 rings (SSSR count). The van der Waals surface area contributed by atoms with E-state index in [1.807, 2.05) is 48.5 Å². The second-order valence-electron chi connectivity index (χ2n) is 25.0.